The van der Waals surface area contributed by atoms with E-state index in [9.17, 15) is 9.59 Å². The van der Waals surface area contributed by atoms with Crippen molar-refractivity contribution < 1.29 is 14.3 Å². The largest absolute Gasteiger partial charge is 0.457 e. The Balaban J connectivity index is 1.51. The summed E-state index contributed by atoms with van der Waals surface area (Å²) in [5, 5.41) is 5.68. The molecule has 1 fully saturated rings. The number of para-hydroxylation sites is 1. The van der Waals surface area contributed by atoms with Crippen LogP contribution < -0.4 is 15.4 Å². The molecule has 1 saturated heterocycles. The third kappa shape index (κ3) is 5.59. The third-order valence-electron chi connectivity index (χ3n) is 3.74. The van der Waals surface area contributed by atoms with Crippen molar-refractivity contribution in [3.63, 3.8) is 0 Å². The lowest BCUT2D eigenvalue weighted by Gasteiger charge is -2.09. The monoisotopic (exact) mass is 383 g/mol. The van der Waals surface area contributed by atoms with Gasteiger partial charge >= 0.3 is 0 Å². The molecule has 1 unspecified atom stereocenters. The number of hydrogen-bond donors (Lipinski definition) is 2. The number of nitrogens with one attached hydrogen (secondary N) is 2. The van der Waals surface area contributed by atoms with Crippen molar-refractivity contribution in [1.82, 2.24) is 5.32 Å². The fraction of sp³-hybridized carbons (Fsp3) is 0.250. The van der Waals surface area contributed by atoms with E-state index in [2.05, 4.69) is 15.6 Å². The zero-order chi connectivity index (χ0) is 19.1. The average molecular weight is 383 g/mol. The van der Waals surface area contributed by atoms with Crippen LogP contribution in [-0.4, -0.2) is 28.8 Å². The summed E-state index contributed by atoms with van der Waals surface area (Å²) in [5.74, 6) is 1.05. The molecule has 7 heteroatoms. The second kappa shape index (κ2) is 9.23. The van der Waals surface area contributed by atoms with Crippen molar-refractivity contribution in [3.05, 3.63) is 54.6 Å². The Hall–Kier alpha value is -2.80. The van der Waals surface area contributed by atoms with Crippen LogP contribution in [0.4, 0.5) is 5.69 Å². The van der Waals surface area contributed by atoms with E-state index in [0.29, 0.717) is 23.1 Å². The number of anilines is 1. The minimum Gasteiger partial charge on any atom is -0.457 e. The van der Waals surface area contributed by atoms with Crippen LogP contribution in [0.3, 0.4) is 0 Å². The number of benzene rings is 2. The summed E-state index contributed by atoms with van der Waals surface area (Å²) in [4.78, 5) is 28.5. The SMILES string of the molecule is CCCN=C1NC(=O)C(CC(=O)Nc2ccc(Oc3ccccc3)cc2)S1. The van der Waals surface area contributed by atoms with Crippen molar-refractivity contribution in [1.29, 1.82) is 0 Å². The Labute approximate surface area is 162 Å². The summed E-state index contributed by atoms with van der Waals surface area (Å²) in [6.07, 6.45) is 1.01. The first-order valence-corrected chi connectivity index (χ1v) is 9.67. The van der Waals surface area contributed by atoms with Crippen LogP contribution in [0, 0.1) is 0 Å². The Morgan fingerprint density at radius 3 is 2.56 bits per heavy atom. The Morgan fingerprint density at radius 1 is 1.15 bits per heavy atom. The molecule has 1 aliphatic rings. The molecule has 2 aromatic carbocycles. The average Bonchev–Trinajstić information content (AvgIpc) is 3.02. The van der Waals surface area contributed by atoms with E-state index in [1.165, 1.54) is 11.8 Å². The summed E-state index contributed by atoms with van der Waals surface area (Å²) in [6.45, 7) is 2.69. The molecule has 0 aromatic heterocycles. The van der Waals surface area contributed by atoms with Crippen LogP contribution in [0.25, 0.3) is 0 Å². The van der Waals surface area contributed by atoms with E-state index in [-0.39, 0.29) is 18.2 Å². The molecule has 2 aromatic rings. The summed E-state index contributed by atoms with van der Waals surface area (Å²) in [5.41, 5.74) is 0.656. The molecule has 0 saturated carbocycles. The lowest BCUT2D eigenvalue weighted by atomic mass is 10.2. The fourth-order valence-corrected chi connectivity index (χ4v) is 3.43. The molecular formula is C20H21N3O3S. The summed E-state index contributed by atoms with van der Waals surface area (Å²) in [6, 6.07) is 16.6. The molecule has 3 rings (SSSR count). The van der Waals surface area contributed by atoms with Crippen LogP contribution in [0.1, 0.15) is 19.8 Å². The van der Waals surface area contributed by atoms with Gasteiger partial charge < -0.3 is 15.4 Å². The first-order valence-electron chi connectivity index (χ1n) is 8.79. The zero-order valence-corrected chi connectivity index (χ0v) is 15.8. The highest BCUT2D eigenvalue weighted by Crippen LogP contribution is 2.25. The smallest absolute Gasteiger partial charge is 0.240 e. The fourth-order valence-electron chi connectivity index (χ4n) is 2.44. The van der Waals surface area contributed by atoms with Crippen LogP contribution in [0.5, 0.6) is 11.5 Å². The molecule has 1 atom stereocenters. The van der Waals surface area contributed by atoms with Crippen molar-refractivity contribution in [2.75, 3.05) is 11.9 Å². The van der Waals surface area contributed by atoms with Crippen LogP contribution in [-0.2, 0) is 9.59 Å². The predicted molar refractivity (Wildman–Crippen MR) is 108 cm³/mol. The van der Waals surface area contributed by atoms with Crippen LogP contribution >= 0.6 is 11.8 Å². The topological polar surface area (TPSA) is 79.8 Å². The molecule has 1 heterocycles. The number of amidine groups is 1. The first-order chi connectivity index (χ1) is 13.1. The van der Waals surface area contributed by atoms with Crippen LogP contribution in [0.2, 0.25) is 0 Å². The lowest BCUT2D eigenvalue weighted by Crippen LogP contribution is -2.28. The molecule has 2 amide bonds. The number of ether oxygens (including phenoxy) is 1. The number of carbonyl (C=O) groups is 2. The minimum atomic E-state index is -0.443. The van der Waals surface area contributed by atoms with Gasteiger partial charge in [0.05, 0.1) is 0 Å². The molecular weight excluding hydrogens is 362 g/mol. The van der Waals surface area contributed by atoms with Gasteiger partial charge in [0.25, 0.3) is 0 Å². The standard InChI is InChI=1S/C20H21N3O3S/c1-2-12-21-20-23-19(25)17(27-20)13-18(24)22-14-8-10-16(11-9-14)26-15-6-4-3-5-7-15/h3-11,17H,2,12-13H2,1H3,(H,22,24)(H,21,23,25). The number of hydrogen-bond acceptors (Lipinski definition) is 5. The number of rotatable bonds is 7. The first kappa shape index (κ1) is 19.0. The van der Waals surface area contributed by atoms with Gasteiger partial charge in [-0.2, -0.15) is 0 Å². The van der Waals surface area contributed by atoms with Gasteiger partial charge in [-0.05, 0) is 42.8 Å². The number of nitrogens with zero attached hydrogens (tertiary/aromatic N) is 1. The summed E-state index contributed by atoms with van der Waals surface area (Å²) >= 11 is 1.31. The van der Waals surface area contributed by atoms with Gasteiger partial charge in [0.1, 0.15) is 16.7 Å². The highest BCUT2D eigenvalue weighted by molar-refractivity contribution is 8.15. The van der Waals surface area contributed by atoms with E-state index in [1.807, 2.05) is 37.3 Å². The number of aliphatic imine (C=N–C) groups is 1. The van der Waals surface area contributed by atoms with Crippen molar-refractivity contribution in [2.45, 2.75) is 25.0 Å². The molecule has 1 aliphatic heterocycles. The molecule has 6 nitrogen and oxygen atoms in total. The normalized spacial score (nSPS) is 17.6. The summed E-state index contributed by atoms with van der Waals surface area (Å²) < 4.78 is 5.72. The minimum absolute atomic E-state index is 0.101. The van der Waals surface area contributed by atoms with Gasteiger partial charge in [-0.1, -0.05) is 36.9 Å². The number of carbonyl (C=O) groups excluding carboxylic acids is 2. The van der Waals surface area contributed by atoms with Gasteiger partial charge in [-0.15, -0.1) is 0 Å². The van der Waals surface area contributed by atoms with Gasteiger partial charge in [-0.3, -0.25) is 14.6 Å². The molecule has 2 N–H and O–H groups in total. The van der Waals surface area contributed by atoms with E-state index in [0.717, 1.165) is 12.2 Å². The van der Waals surface area contributed by atoms with Crippen molar-refractivity contribution >= 4 is 34.4 Å². The maximum atomic E-state index is 12.2. The van der Waals surface area contributed by atoms with Crippen molar-refractivity contribution in [3.8, 4) is 11.5 Å². The maximum absolute atomic E-state index is 12.2. The highest BCUT2D eigenvalue weighted by atomic mass is 32.2. The molecule has 0 bridgehead atoms. The molecule has 0 radical (unpaired) electrons. The third-order valence-corrected chi connectivity index (χ3v) is 4.86. The van der Waals surface area contributed by atoms with E-state index in [4.69, 9.17) is 4.74 Å². The van der Waals surface area contributed by atoms with Crippen molar-refractivity contribution in [2.24, 2.45) is 4.99 Å². The number of amides is 2. The van der Waals surface area contributed by atoms with Gasteiger partial charge in [0.15, 0.2) is 5.17 Å². The molecule has 0 spiro atoms. The van der Waals surface area contributed by atoms with E-state index >= 15 is 0 Å². The van der Waals surface area contributed by atoms with Gasteiger partial charge in [0, 0.05) is 18.7 Å². The Morgan fingerprint density at radius 2 is 1.85 bits per heavy atom. The maximum Gasteiger partial charge on any atom is 0.240 e. The van der Waals surface area contributed by atoms with E-state index < -0.39 is 5.25 Å². The van der Waals surface area contributed by atoms with E-state index in [1.54, 1.807) is 24.3 Å². The van der Waals surface area contributed by atoms with Crippen LogP contribution in [0.15, 0.2) is 59.6 Å². The van der Waals surface area contributed by atoms with Gasteiger partial charge in [-0.25, -0.2) is 0 Å². The highest BCUT2D eigenvalue weighted by Gasteiger charge is 2.31. The second-order valence-electron chi connectivity index (χ2n) is 5.97. The Bertz CT molecular complexity index is 822. The Kier molecular flexibility index (Phi) is 6.49. The van der Waals surface area contributed by atoms with Gasteiger partial charge in [0.2, 0.25) is 11.8 Å². The lowest BCUT2D eigenvalue weighted by molar-refractivity contribution is -0.122. The summed E-state index contributed by atoms with van der Waals surface area (Å²) in [7, 11) is 0. The number of thioether (sulfide) groups is 1. The molecule has 0 aliphatic carbocycles. The predicted octanol–water partition coefficient (Wildman–Crippen LogP) is 3.81. The molecule has 140 valence electrons. The molecule has 27 heavy (non-hydrogen) atoms. The second-order valence-corrected chi connectivity index (χ2v) is 7.17. The zero-order valence-electron chi connectivity index (χ0n) is 15.0. The quantitative estimate of drug-likeness (QED) is 0.762.